The molecule has 170 valence electrons. The summed E-state index contributed by atoms with van der Waals surface area (Å²) in [7, 11) is 0. The summed E-state index contributed by atoms with van der Waals surface area (Å²) in [4.78, 5) is 33.7. The van der Waals surface area contributed by atoms with Crippen molar-refractivity contribution in [3.05, 3.63) is 27.7 Å². The molecule has 3 aliphatic rings. The minimum absolute atomic E-state index is 0.0427. The SMILES string of the molecule is CC1(C)COCN1C(=O)c1csc(C2CCN(C(=O)NCCC3=CCCCC3)CC2)n1. The molecule has 1 N–H and O–H groups in total. The van der Waals surface area contributed by atoms with Crippen molar-refractivity contribution >= 4 is 23.3 Å². The first-order valence-corrected chi connectivity index (χ1v) is 12.4. The summed E-state index contributed by atoms with van der Waals surface area (Å²) in [5, 5.41) is 5.95. The highest BCUT2D eigenvalue weighted by Crippen LogP contribution is 2.32. The quantitative estimate of drug-likeness (QED) is 0.690. The number of rotatable bonds is 5. The molecule has 2 aliphatic heterocycles. The third kappa shape index (κ3) is 5.29. The highest BCUT2D eigenvalue weighted by molar-refractivity contribution is 7.09. The minimum Gasteiger partial charge on any atom is -0.359 e. The Bertz CT molecular complexity index is 827. The van der Waals surface area contributed by atoms with E-state index in [1.807, 2.05) is 24.1 Å². The van der Waals surface area contributed by atoms with Gasteiger partial charge < -0.3 is 19.9 Å². The number of likely N-dealkylation sites (tertiary alicyclic amines) is 1. The fourth-order valence-corrected chi connectivity index (χ4v) is 5.55. The molecular formula is C23H34N4O3S. The first-order valence-electron chi connectivity index (χ1n) is 11.5. The molecule has 0 saturated carbocycles. The van der Waals surface area contributed by atoms with E-state index in [0.29, 0.717) is 24.9 Å². The second-order valence-electron chi connectivity index (χ2n) is 9.45. The molecule has 3 heterocycles. The van der Waals surface area contributed by atoms with Gasteiger partial charge in [0.15, 0.2) is 0 Å². The molecule has 7 nitrogen and oxygen atoms in total. The number of nitrogens with one attached hydrogen (secondary N) is 1. The van der Waals surface area contributed by atoms with Gasteiger partial charge in [0, 0.05) is 30.9 Å². The number of carbonyl (C=O) groups excluding carboxylic acids is 2. The summed E-state index contributed by atoms with van der Waals surface area (Å²) in [6.07, 6.45) is 10.0. The van der Waals surface area contributed by atoms with Gasteiger partial charge in [-0.05, 0) is 58.8 Å². The monoisotopic (exact) mass is 446 g/mol. The predicted octanol–water partition coefficient (Wildman–Crippen LogP) is 4.13. The Labute approximate surface area is 188 Å². The predicted molar refractivity (Wildman–Crippen MR) is 121 cm³/mol. The van der Waals surface area contributed by atoms with E-state index in [2.05, 4.69) is 16.4 Å². The number of ether oxygens (including phenoxy) is 1. The van der Waals surface area contributed by atoms with Gasteiger partial charge in [0.05, 0.1) is 17.2 Å². The van der Waals surface area contributed by atoms with Gasteiger partial charge in [0.2, 0.25) is 0 Å². The number of hydrogen-bond donors (Lipinski definition) is 1. The van der Waals surface area contributed by atoms with Crippen LogP contribution in [0, 0.1) is 0 Å². The molecule has 2 saturated heterocycles. The largest absolute Gasteiger partial charge is 0.359 e. The highest BCUT2D eigenvalue weighted by atomic mass is 32.1. The van der Waals surface area contributed by atoms with E-state index in [-0.39, 0.29) is 17.5 Å². The van der Waals surface area contributed by atoms with Crippen LogP contribution in [0.4, 0.5) is 4.79 Å². The molecular weight excluding hydrogens is 412 g/mol. The lowest BCUT2D eigenvalue weighted by atomic mass is 9.97. The van der Waals surface area contributed by atoms with Crippen LogP contribution in [0.1, 0.15) is 80.2 Å². The van der Waals surface area contributed by atoms with Gasteiger partial charge in [-0.2, -0.15) is 0 Å². The standard InChI is InChI=1S/C23H34N4O3S/c1-23(2)15-30-16-27(23)21(28)19-14-31-20(25-19)18-9-12-26(13-10-18)22(29)24-11-8-17-6-4-3-5-7-17/h6,14,18H,3-5,7-13,15-16H2,1-2H3,(H,24,29). The third-order valence-corrected chi connectivity index (χ3v) is 7.64. The molecule has 1 aliphatic carbocycles. The van der Waals surface area contributed by atoms with Crippen molar-refractivity contribution in [3.63, 3.8) is 0 Å². The summed E-state index contributed by atoms with van der Waals surface area (Å²) in [5.74, 6) is 0.251. The molecule has 0 atom stereocenters. The van der Waals surface area contributed by atoms with Crippen LogP contribution in [0.25, 0.3) is 0 Å². The number of amides is 3. The normalized spacial score (nSPS) is 21.8. The topological polar surface area (TPSA) is 74.8 Å². The molecule has 31 heavy (non-hydrogen) atoms. The van der Waals surface area contributed by atoms with Gasteiger partial charge in [-0.15, -0.1) is 11.3 Å². The molecule has 3 amide bonds. The first kappa shape index (κ1) is 22.3. The van der Waals surface area contributed by atoms with E-state index >= 15 is 0 Å². The molecule has 1 aromatic heterocycles. The van der Waals surface area contributed by atoms with Crippen LogP contribution in [0.5, 0.6) is 0 Å². The van der Waals surface area contributed by atoms with E-state index < -0.39 is 0 Å². The van der Waals surface area contributed by atoms with Gasteiger partial charge in [-0.3, -0.25) is 4.79 Å². The van der Waals surface area contributed by atoms with Gasteiger partial charge in [-0.1, -0.05) is 11.6 Å². The summed E-state index contributed by atoms with van der Waals surface area (Å²) in [6, 6.07) is 0.0427. The van der Waals surface area contributed by atoms with Crippen molar-refractivity contribution in [2.24, 2.45) is 0 Å². The van der Waals surface area contributed by atoms with Crippen molar-refractivity contribution in [1.29, 1.82) is 0 Å². The van der Waals surface area contributed by atoms with Crippen molar-refractivity contribution in [2.75, 3.05) is 33.0 Å². The van der Waals surface area contributed by atoms with Crippen molar-refractivity contribution in [1.82, 2.24) is 20.1 Å². The van der Waals surface area contributed by atoms with E-state index in [0.717, 1.165) is 43.9 Å². The fraction of sp³-hybridized carbons (Fsp3) is 0.696. The van der Waals surface area contributed by atoms with Crippen LogP contribution >= 0.6 is 11.3 Å². The van der Waals surface area contributed by atoms with Gasteiger partial charge in [0.1, 0.15) is 12.4 Å². The molecule has 8 heteroatoms. The van der Waals surface area contributed by atoms with E-state index in [4.69, 9.17) is 4.74 Å². The first-order chi connectivity index (χ1) is 14.9. The zero-order chi connectivity index (χ0) is 21.8. The Hall–Kier alpha value is -1.93. The number of piperidine rings is 1. The zero-order valence-electron chi connectivity index (χ0n) is 18.7. The highest BCUT2D eigenvalue weighted by Gasteiger charge is 2.38. The lowest BCUT2D eigenvalue weighted by Gasteiger charge is -2.31. The third-order valence-electron chi connectivity index (χ3n) is 6.63. The number of allylic oxidation sites excluding steroid dienone is 1. The van der Waals surface area contributed by atoms with Crippen molar-refractivity contribution < 1.29 is 14.3 Å². The van der Waals surface area contributed by atoms with Crippen molar-refractivity contribution in [3.8, 4) is 0 Å². The van der Waals surface area contributed by atoms with E-state index in [1.54, 1.807) is 16.2 Å². The number of hydrogen-bond acceptors (Lipinski definition) is 5. The second-order valence-corrected chi connectivity index (χ2v) is 10.3. The maximum atomic E-state index is 12.8. The maximum Gasteiger partial charge on any atom is 0.317 e. The smallest absolute Gasteiger partial charge is 0.317 e. The molecule has 1 aromatic rings. The Kier molecular flexibility index (Phi) is 6.96. The number of carbonyl (C=O) groups is 2. The number of thiazole rings is 1. The number of urea groups is 1. The summed E-state index contributed by atoms with van der Waals surface area (Å²) >= 11 is 1.56. The maximum absolute atomic E-state index is 12.8. The Morgan fingerprint density at radius 1 is 1.29 bits per heavy atom. The Morgan fingerprint density at radius 2 is 2.10 bits per heavy atom. The lowest BCUT2D eigenvalue weighted by Crippen LogP contribution is -2.44. The van der Waals surface area contributed by atoms with Gasteiger partial charge in [0.25, 0.3) is 5.91 Å². The lowest BCUT2D eigenvalue weighted by molar-refractivity contribution is 0.0600. The van der Waals surface area contributed by atoms with Crippen LogP contribution in [0.15, 0.2) is 17.0 Å². The number of aromatic nitrogens is 1. The molecule has 2 fully saturated rings. The summed E-state index contributed by atoms with van der Waals surface area (Å²) in [5.41, 5.74) is 1.70. The Morgan fingerprint density at radius 3 is 2.77 bits per heavy atom. The fourth-order valence-electron chi connectivity index (χ4n) is 4.59. The molecule has 0 unspecified atom stereocenters. The summed E-state index contributed by atoms with van der Waals surface area (Å²) < 4.78 is 5.47. The van der Waals surface area contributed by atoms with Gasteiger partial charge in [-0.25, -0.2) is 9.78 Å². The second kappa shape index (κ2) is 9.69. The van der Waals surface area contributed by atoms with Crippen LogP contribution in [0.3, 0.4) is 0 Å². The average molecular weight is 447 g/mol. The van der Waals surface area contributed by atoms with E-state index in [9.17, 15) is 9.59 Å². The van der Waals surface area contributed by atoms with Crippen molar-refractivity contribution in [2.45, 2.75) is 70.3 Å². The van der Waals surface area contributed by atoms with Crippen LogP contribution in [-0.4, -0.2) is 65.2 Å². The zero-order valence-corrected chi connectivity index (χ0v) is 19.5. The molecule has 0 bridgehead atoms. The summed E-state index contributed by atoms with van der Waals surface area (Å²) in [6.45, 7) is 7.08. The van der Waals surface area contributed by atoms with Gasteiger partial charge >= 0.3 is 6.03 Å². The molecule has 0 radical (unpaired) electrons. The van der Waals surface area contributed by atoms with Crippen LogP contribution in [0.2, 0.25) is 0 Å². The number of nitrogens with zero attached hydrogens (tertiary/aromatic N) is 3. The molecule has 0 aromatic carbocycles. The molecule has 0 spiro atoms. The average Bonchev–Trinajstić information content (AvgIpc) is 3.40. The molecule has 4 rings (SSSR count). The van der Waals surface area contributed by atoms with Crippen LogP contribution in [-0.2, 0) is 4.74 Å². The Balaban J connectivity index is 1.24. The van der Waals surface area contributed by atoms with E-state index in [1.165, 1.54) is 31.3 Å². The minimum atomic E-state index is -0.299. The van der Waals surface area contributed by atoms with Crippen LogP contribution < -0.4 is 5.32 Å².